The van der Waals surface area contributed by atoms with E-state index >= 15 is 0 Å². The van der Waals surface area contributed by atoms with Gasteiger partial charge in [-0.1, -0.05) is 60.7 Å². The zero-order valence-electron chi connectivity index (χ0n) is 12.2. The van der Waals surface area contributed by atoms with Crippen LogP contribution >= 0.6 is 15.9 Å². The molecule has 1 fully saturated rings. The van der Waals surface area contributed by atoms with E-state index in [1.807, 2.05) is 0 Å². The highest BCUT2D eigenvalue weighted by molar-refractivity contribution is 9.10. The topological polar surface area (TPSA) is 12.0 Å². The van der Waals surface area contributed by atoms with Crippen LogP contribution in [-0.2, 0) is 0 Å². The smallest absolute Gasteiger partial charge is 0.0322 e. The van der Waals surface area contributed by atoms with E-state index in [2.05, 4.69) is 53.3 Å². The summed E-state index contributed by atoms with van der Waals surface area (Å²) in [6.45, 7) is 5.54. The van der Waals surface area contributed by atoms with Gasteiger partial charge >= 0.3 is 0 Å². The number of aryl methyl sites for hydroxylation is 1. The summed E-state index contributed by atoms with van der Waals surface area (Å²) in [7, 11) is 0. The van der Waals surface area contributed by atoms with Gasteiger partial charge in [0, 0.05) is 10.5 Å². The van der Waals surface area contributed by atoms with Gasteiger partial charge in [-0.3, -0.25) is 0 Å². The van der Waals surface area contributed by atoms with E-state index in [1.54, 1.807) is 0 Å². The lowest BCUT2D eigenvalue weighted by molar-refractivity contribution is 0.395. The van der Waals surface area contributed by atoms with E-state index in [0.29, 0.717) is 6.04 Å². The summed E-state index contributed by atoms with van der Waals surface area (Å²) in [5.74, 6) is 0.929. The summed E-state index contributed by atoms with van der Waals surface area (Å²) in [6.07, 6.45) is 8.24. The summed E-state index contributed by atoms with van der Waals surface area (Å²) >= 11 is 3.60. The first-order valence-corrected chi connectivity index (χ1v) is 8.49. The van der Waals surface area contributed by atoms with E-state index in [4.69, 9.17) is 0 Å². The molecule has 0 heterocycles. The van der Waals surface area contributed by atoms with Crippen LogP contribution in [0.3, 0.4) is 0 Å². The van der Waals surface area contributed by atoms with Crippen molar-refractivity contribution in [2.45, 2.75) is 58.4 Å². The fourth-order valence-corrected chi connectivity index (χ4v) is 3.37. The molecule has 1 aliphatic rings. The van der Waals surface area contributed by atoms with Crippen molar-refractivity contribution in [1.29, 1.82) is 0 Å². The van der Waals surface area contributed by atoms with Crippen molar-refractivity contribution in [3.05, 3.63) is 33.8 Å². The molecule has 19 heavy (non-hydrogen) atoms. The van der Waals surface area contributed by atoms with E-state index in [0.717, 1.165) is 12.5 Å². The molecule has 1 aromatic carbocycles. The Balaban J connectivity index is 2.08. The second kappa shape index (κ2) is 7.44. The van der Waals surface area contributed by atoms with Crippen LogP contribution in [0.25, 0.3) is 0 Å². The quantitative estimate of drug-likeness (QED) is 0.741. The van der Waals surface area contributed by atoms with Gasteiger partial charge in [0.15, 0.2) is 0 Å². The predicted molar refractivity (Wildman–Crippen MR) is 86.5 cm³/mol. The Morgan fingerprint density at radius 1 is 1.32 bits per heavy atom. The van der Waals surface area contributed by atoms with Gasteiger partial charge in [-0.25, -0.2) is 0 Å². The summed E-state index contributed by atoms with van der Waals surface area (Å²) in [6, 6.07) is 7.35. The lowest BCUT2D eigenvalue weighted by Gasteiger charge is -2.23. The molecule has 0 amide bonds. The first-order chi connectivity index (χ1) is 9.20. The summed E-state index contributed by atoms with van der Waals surface area (Å²) in [5.41, 5.74) is 2.80. The van der Waals surface area contributed by atoms with Crippen LogP contribution in [0.2, 0.25) is 0 Å². The Hall–Kier alpha value is -0.340. The Morgan fingerprint density at radius 2 is 2.05 bits per heavy atom. The zero-order chi connectivity index (χ0) is 13.7. The summed E-state index contributed by atoms with van der Waals surface area (Å²) < 4.78 is 1.21. The van der Waals surface area contributed by atoms with Gasteiger partial charge < -0.3 is 5.32 Å². The lowest BCUT2D eigenvalue weighted by atomic mass is 9.93. The molecule has 1 unspecified atom stereocenters. The standard InChI is InChI=1S/C17H26BrN/c1-3-10-19-17(12-14-6-4-5-7-14)15-8-9-16(18)13(2)11-15/h8-9,11,14,17,19H,3-7,10,12H2,1-2H3. The predicted octanol–water partition coefficient (Wildman–Crippen LogP) is 5.38. The average Bonchev–Trinajstić information content (AvgIpc) is 2.91. The normalized spacial score (nSPS) is 17.8. The fraction of sp³-hybridized carbons (Fsp3) is 0.647. The maximum absolute atomic E-state index is 3.74. The number of benzene rings is 1. The molecule has 2 heteroatoms. The molecule has 1 nitrogen and oxygen atoms in total. The molecular formula is C17H26BrN. The van der Waals surface area contributed by atoms with Crippen LogP contribution in [0.15, 0.2) is 22.7 Å². The van der Waals surface area contributed by atoms with Crippen LogP contribution in [0.5, 0.6) is 0 Å². The van der Waals surface area contributed by atoms with Crippen molar-refractivity contribution in [3.63, 3.8) is 0 Å². The first kappa shape index (κ1) is 15.1. The number of nitrogens with one attached hydrogen (secondary N) is 1. The van der Waals surface area contributed by atoms with Crippen LogP contribution in [0.4, 0.5) is 0 Å². The molecule has 1 aliphatic carbocycles. The van der Waals surface area contributed by atoms with Crippen molar-refractivity contribution < 1.29 is 0 Å². The minimum Gasteiger partial charge on any atom is -0.310 e. The van der Waals surface area contributed by atoms with E-state index in [9.17, 15) is 0 Å². The van der Waals surface area contributed by atoms with Crippen LogP contribution < -0.4 is 5.32 Å². The second-order valence-corrected chi connectivity index (χ2v) is 6.76. The summed E-state index contributed by atoms with van der Waals surface area (Å²) in [5, 5.41) is 3.74. The van der Waals surface area contributed by atoms with Crippen molar-refractivity contribution in [1.82, 2.24) is 5.32 Å². The number of halogens is 1. The Labute approximate surface area is 126 Å². The van der Waals surface area contributed by atoms with Gasteiger partial charge in [-0.15, -0.1) is 0 Å². The SMILES string of the molecule is CCCNC(CC1CCCC1)c1ccc(Br)c(C)c1. The molecule has 1 saturated carbocycles. The van der Waals surface area contributed by atoms with Crippen molar-refractivity contribution >= 4 is 15.9 Å². The molecule has 0 saturated heterocycles. The fourth-order valence-electron chi connectivity index (χ4n) is 3.12. The Kier molecular flexibility index (Phi) is 5.90. The molecule has 1 aromatic rings. The van der Waals surface area contributed by atoms with Crippen molar-refractivity contribution in [2.75, 3.05) is 6.54 Å². The Bertz CT molecular complexity index is 396. The van der Waals surface area contributed by atoms with Gasteiger partial charge in [-0.2, -0.15) is 0 Å². The molecule has 0 spiro atoms. The first-order valence-electron chi connectivity index (χ1n) is 7.70. The molecule has 0 aromatic heterocycles. The van der Waals surface area contributed by atoms with E-state index in [1.165, 1.54) is 54.1 Å². The molecule has 1 N–H and O–H groups in total. The molecule has 1 atom stereocenters. The van der Waals surface area contributed by atoms with Gasteiger partial charge in [0.05, 0.1) is 0 Å². The van der Waals surface area contributed by atoms with E-state index in [-0.39, 0.29) is 0 Å². The molecule has 2 rings (SSSR count). The van der Waals surface area contributed by atoms with Crippen molar-refractivity contribution in [2.24, 2.45) is 5.92 Å². The molecular weight excluding hydrogens is 298 g/mol. The van der Waals surface area contributed by atoms with E-state index < -0.39 is 0 Å². The molecule has 106 valence electrons. The molecule has 0 radical (unpaired) electrons. The maximum Gasteiger partial charge on any atom is 0.0322 e. The highest BCUT2D eigenvalue weighted by atomic mass is 79.9. The van der Waals surface area contributed by atoms with Crippen molar-refractivity contribution in [3.8, 4) is 0 Å². The monoisotopic (exact) mass is 323 g/mol. The maximum atomic E-state index is 3.74. The minimum absolute atomic E-state index is 0.537. The zero-order valence-corrected chi connectivity index (χ0v) is 13.8. The summed E-state index contributed by atoms with van der Waals surface area (Å²) in [4.78, 5) is 0. The highest BCUT2D eigenvalue weighted by Crippen LogP contribution is 2.33. The second-order valence-electron chi connectivity index (χ2n) is 5.90. The number of rotatable bonds is 6. The minimum atomic E-state index is 0.537. The Morgan fingerprint density at radius 3 is 2.68 bits per heavy atom. The van der Waals surface area contributed by atoms with Crippen LogP contribution in [0, 0.1) is 12.8 Å². The van der Waals surface area contributed by atoms with Crippen LogP contribution in [0.1, 0.15) is 62.6 Å². The lowest BCUT2D eigenvalue weighted by Crippen LogP contribution is -2.24. The van der Waals surface area contributed by atoms with Gasteiger partial charge in [0.2, 0.25) is 0 Å². The highest BCUT2D eigenvalue weighted by Gasteiger charge is 2.21. The third-order valence-electron chi connectivity index (χ3n) is 4.27. The molecule has 0 aliphatic heterocycles. The third kappa shape index (κ3) is 4.32. The van der Waals surface area contributed by atoms with Crippen LogP contribution in [-0.4, -0.2) is 6.54 Å². The third-order valence-corrected chi connectivity index (χ3v) is 5.16. The van der Waals surface area contributed by atoms with Gasteiger partial charge in [0.25, 0.3) is 0 Å². The number of hydrogen-bond acceptors (Lipinski definition) is 1. The van der Waals surface area contributed by atoms with Gasteiger partial charge in [0.1, 0.15) is 0 Å². The van der Waals surface area contributed by atoms with Gasteiger partial charge in [-0.05, 0) is 49.4 Å². The average molecular weight is 324 g/mol. The molecule has 0 bridgehead atoms. The number of hydrogen-bond donors (Lipinski definition) is 1. The largest absolute Gasteiger partial charge is 0.310 e.